The van der Waals surface area contributed by atoms with E-state index >= 15 is 0 Å². The maximum Gasteiger partial charge on any atom is 0.648 e. The van der Waals surface area contributed by atoms with E-state index in [0.717, 1.165) is 5.75 Å². The van der Waals surface area contributed by atoms with Crippen LogP contribution >= 0.6 is 0 Å². The highest BCUT2D eigenvalue weighted by molar-refractivity contribution is 6.76. The van der Waals surface area contributed by atoms with Gasteiger partial charge in [-0.1, -0.05) is 30.3 Å². The highest BCUT2D eigenvalue weighted by Crippen LogP contribution is 2.47. The first-order valence-electron chi connectivity index (χ1n) is 8.72. The standard InChI is InChI=1S/C21H20BN2O/c1-13-11-17-16-7-5-6-8-18(16)22-24(21(17)23(4)12-13)20-15(3)14(2)9-10-19(20)25-22/h5-12H,1-4H3/q+1. The minimum Gasteiger partial charge on any atom is -0.514 e. The Balaban J connectivity index is 1.89. The number of aryl methyl sites for hydroxylation is 3. The number of fused-ring (bicyclic) bond motifs is 8. The zero-order chi connectivity index (χ0) is 17.3. The molecule has 2 aromatic carbocycles. The number of hydrogen-bond donors (Lipinski definition) is 0. The molecule has 0 atom stereocenters. The third-order valence-electron chi connectivity index (χ3n) is 5.47. The van der Waals surface area contributed by atoms with Crippen LogP contribution in [0.25, 0.3) is 11.1 Å². The fourth-order valence-electron chi connectivity index (χ4n) is 4.22. The number of rotatable bonds is 0. The summed E-state index contributed by atoms with van der Waals surface area (Å²) in [6, 6.07) is 15.1. The number of pyridine rings is 1. The molecular weight excluding hydrogens is 307 g/mol. The molecule has 0 N–H and O–H groups in total. The molecule has 0 spiro atoms. The molecule has 122 valence electrons. The van der Waals surface area contributed by atoms with Crippen molar-refractivity contribution in [2.45, 2.75) is 20.8 Å². The Bertz CT molecular complexity index is 1040. The predicted molar refractivity (Wildman–Crippen MR) is 102 cm³/mol. The molecule has 0 saturated carbocycles. The third kappa shape index (κ3) is 1.85. The molecule has 0 unspecified atom stereocenters. The molecule has 0 amide bonds. The van der Waals surface area contributed by atoms with Crippen LogP contribution in [0.3, 0.4) is 0 Å². The average Bonchev–Trinajstić information content (AvgIpc) is 2.98. The van der Waals surface area contributed by atoms with E-state index in [1.807, 2.05) is 0 Å². The van der Waals surface area contributed by atoms with E-state index < -0.39 is 0 Å². The van der Waals surface area contributed by atoms with Gasteiger partial charge in [0.25, 0.3) is 5.82 Å². The van der Waals surface area contributed by atoms with E-state index in [-0.39, 0.29) is 7.05 Å². The van der Waals surface area contributed by atoms with Crippen molar-refractivity contribution in [3.05, 3.63) is 65.4 Å². The van der Waals surface area contributed by atoms with Gasteiger partial charge in [0.2, 0.25) is 0 Å². The summed E-state index contributed by atoms with van der Waals surface area (Å²) in [7, 11) is 2.02. The summed E-state index contributed by atoms with van der Waals surface area (Å²) in [6.07, 6.45) is 2.19. The van der Waals surface area contributed by atoms with Gasteiger partial charge in [-0.05, 0) is 49.6 Å². The molecule has 0 fully saturated rings. The van der Waals surface area contributed by atoms with Crippen LogP contribution in [0.5, 0.6) is 5.75 Å². The van der Waals surface area contributed by atoms with Crippen LogP contribution in [0.4, 0.5) is 11.5 Å². The summed E-state index contributed by atoms with van der Waals surface area (Å²) < 4.78 is 8.66. The molecule has 25 heavy (non-hydrogen) atoms. The summed E-state index contributed by atoms with van der Waals surface area (Å²) in [5.41, 5.74) is 8.79. The number of anilines is 2. The van der Waals surface area contributed by atoms with Crippen LogP contribution in [-0.2, 0) is 7.05 Å². The van der Waals surface area contributed by atoms with Crippen molar-refractivity contribution >= 4 is 24.0 Å². The van der Waals surface area contributed by atoms with Gasteiger partial charge in [-0.15, -0.1) is 0 Å². The minimum absolute atomic E-state index is 0.104. The Kier molecular flexibility index (Phi) is 2.85. The van der Waals surface area contributed by atoms with Gasteiger partial charge in [0.05, 0.1) is 18.8 Å². The Morgan fingerprint density at radius 2 is 1.80 bits per heavy atom. The van der Waals surface area contributed by atoms with Crippen molar-refractivity contribution in [1.82, 2.24) is 0 Å². The van der Waals surface area contributed by atoms with Crippen LogP contribution < -0.4 is 19.5 Å². The van der Waals surface area contributed by atoms with Crippen LogP contribution in [0, 0.1) is 20.8 Å². The molecule has 4 heteroatoms. The van der Waals surface area contributed by atoms with Gasteiger partial charge in [0, 0.05) is 11.0 Å². The largest absolute Gasteiger partial charge is 0.648 e. The lowest BCUT2D eigenvalue weighted by atomic mass is 9.65. The Morgan fingerprint density at radius 3 is 2.64 bits per heavy atom. The number of hydrogen-bond acceptors (Lipinski definition) is 2. The van der Waals surface area contributed by atoms with Crippen LogP contribution in [0.1, 0.15) is 16.7 Å². The van der Waals surface area contributed by atoms with Gasteiger partial charge >= 0.3 is 7.05 Å². The van der Waals surface area contributed by atoms with E-state index in [4.69, 9.17) is 4.65 Å². The Labute approximate surface area is 148 Å². The maximum atomic E-state index is 6.43. The molecule has 0 saturated heterocycles. The predicted octanol–water partition coefficient (Wildman–Crippen LogP) is 3.34. The van der Waals surface area contributed by atoms with E-state index in [1.54, 1.807) is 0 Å². The van der Waals surface area contributed by atoms with Gasteiger partial charge in [0.15, 0.2) is 5.69 Å². The van der Waals surface area contributed by atoms with E-state index in [9.17, 15) is 0 Å². The van der Waals surface area contributed by atoms with Gasteiger partial charge < -0.3 is 4.65 Å². The van der Waals surface area contributed by atoms with E-state index in [0.29, 0.717) is 0 Å². The van der Waals surface area contributed by atoms with Crippen LogP contribution in [0.15, 0.2) is 48.7 Å². The van der Waals surface area contributed by atoms with Crippen molar-refractivity contribution in [3.63, 3.8) is 0 Å². The fourth-order valence-corrected chi connectivity index (χ4v) is 4.22. The van der Waals surface area contributed by atoms with Crippen molar-refractivity contribution in [1.29, 1.82) is 0 Å². The topological polar surface area (TPSA) is 16.4 Å². The lowest BCUT2D eigenvalue weighted by molar-refractivity contribution is -0.657. The lowest BCUT2D eigenvalue weighted by Gasteiger charge is -2.26. The highest BCUT2D eigenvalue weighted by Gasteiger charge is 2.54. The van der Waals surface area contributed by atoms with E-state index in [2.05, 4.69) is 85.9 Å². The second kappa shape index (κ2) is 4.88. The molecular formula is C21H20BN2O+. The first-order chi connectivity index (χ1) is 12.1. The molecule has 2 aliphatic heterocycles. The molecule has 0 aliphatic carbocycles. The summed E-state index contributed by atoms with van der Waals surface area (Å²) in [5.74, 6) is 2.16. The average molecular weight is 327 g/mol. The maximum absolute atomic E-state index is 6.43. The SMILES string of the molecule is Cc1cc2c([n+](C)c1)N1B(Oc3ccc(C)c(C)c31)c1ccccc1-2. The number of aromatic nitrogens is 1. The molecule has 0 radical (unpaired) electrons. The first-order valence-corrected chi connectivity index (χ1v) is 8.72. The minimum atomic E-state index is -0.104. The zero-order valence-corrected chi connectivity index (χ0v) is 15.0. The second-order valence-electron chi connectivity index (χ2n) is 7.15. The number of benzene rings is 2. The first kappa shape index (κ1) is 14.6. The van der Waals surface area contributed by atoms with Crippen LogP contribution in [0.2, 0.25) is 0 Å². The Hall–Kier alpha value is -2.75. The van der Waals surface area contributed by atoms with Gasteiger partial charge in [-0.25, -0.2) is 9.38 Å². The lowest BCUT2D eigenvalue weighted by Crippen LogP contribution is -2.54. The summed E-state index contributed by atoms with van der Waals surface area (Å²) in [4.78, 5) is 2.37. The van der Waals surface area contributed by atoms with Crippen LogP contribution in [-0.4, -0.2) is 7.05 Å². The molecule has 3 aromatic rings. The molecule has 3 heterocycles. The van der Waals surface area contributed by atoms with Gasteiger partial charge in [-0.3, -0.25) is 0 Å². The Morgan fingerprint density at radius 1 is 1.00 bits per heavy atom. The number of nitrogens with zero attached hydrogens (tertiary/aromatic N) is 2. The fraction of sp³-hybridized carbons (Fsp3) is 0.190. The second-order valence-corrected chi connectivity index (χ2v) is 7.15. The summed E-state index contributed by atoms with van der Waals surface area (Å²) in [6.45, 7) is 6.50. The summed E-state index contributed by atoms with van der Waals surface area (Å²) >= 11 is 0. The van der Waals surface area contributed by atoms with Crippen molar-refractivity contribution < 1.29 is 9.22 Å². The van der Waals surface area contributed by atoms with Crippen molar-refractivity contribution in [2.24, 2.45) is 7.05 Å². The van der Waals surface area contributed by atoms with Gasteiger partial charge in [0.1, 0.15) is 5.75 Å². The zero-order valence-electron chi connectivity index (χ0n) is 15.0. The molecule has 0 bridgehead atoms. The monoisotopic (exact) mass is 327 g/mol. The molecule has 1 aromatic heterocycles. The molecule has 5 rings (SSSR count). The van der Waals surface area contributed by atoms with Crippen molar-refractivity contribution in [3.8, 4) is 16.9 Å². The normalized spacial score (nSPS) is 13.8. The van der Waals surface area contributed by atoms with E-state index in [1.165, 1.54) is 44.8 Å². The van der Waals surface area contributed by atoms with Gasteiger partial charge in [-0.2, -0.15) is 0 Å². The van der Waals surface area contributed by atoms with Crippen molar-refractivity contribution in [2.75, 3.05) is 4.81 Å². The molecule has 2 aliphatic rings. The quantitative estimate of drug-likeness (QED) is 0.465. The third-order valence-corrected chi connectivity index (χ3v) is 5.47. The smallest absolute Gasteiger partial charge is 0.514 e. The summed E-state index contributed by atoms with van der Waals surface area (Å²) in [5, 5.41) is 0. The highest BCUT2D eigenvalue weighted by atomic mass is 16.5. The molecule has 3 nitrogen and oxygen atoms in total.